The molecule has 1 N–H and O–H groups in total. The summed E-state index contributed by atoms with van der Waals surface area (Å²) in [5, 5.41) is 4.42. The zero-order valence-corrected chi connectivity index (χ0v) is 12.2. The molecule has 0 saturated heterocycles. The predicted octanol–water partition coefficient (Wildman–Crippen LogP) is 1.90. The summed E-state index contributed by atoms with van der Waals surface area (Å²) in [7, 11) is 1.55. The van der Waals surface area contributed by atoms with Gasteiger partial charge in [-0.25, -0.2) is 0 Å². The molecule has 1 aliphatic heterocycles. The van der Waals surface area contributed by atoms with Crippen molar-refractivity contribution in [3.8, 4) is 5.75 Å². The average Bonchev–Trinajstić information content (AvgIpc) is 3.06. The van der Waals surface area contributed by atoms with Crippen molar-refractivity contribution in [3.63, 3.8) is 0 Å². The molecule has 0 unspecified atom stereocenters. The number of nitrogens with zero attached hydrogens (tertiary/aromatic N) is 1. The molecule has 5 nitrogen and oxygen atoms in total. The Kier molecular flexibility index (Phi) is 3.62. The first-order valence-corrected chi connectivity index (χ1v) is 7.41. The molecule has 2 amide bonds. The Morgan fingerprint density at radius 3 is 2.81 bits per heavy atom. The van der Waals surface area contributed by atoms with Crippen LogP contribution in [0, 0.1) is 0 Å². The molecule has 1 aromatic heterocycles. The van der Waals surface area contributed by atoms with Gasteiger partial charge in [0.15, 0.2) is 6.10 Å². The number of rotatable bonds is 2. The smallest absolute Gasteiger partial charge is 0.268 e. The number of hydrogen-bond acceptors (Lipinski definition) is 4. The number of benzene rings is 1. The van der Waals surface area contributed by atoms with E-state index in [0.29, 0.717) is 16.3 Å². The second-order valence-corrected chi connectivity index (χ2v) is 5.53. The predicted molar refractivity (Wildman–Crippen MR) is 80.9 cm³/mol. The second kappa shape index (κ2) is 5.57. The molecular weight excluding hydrogens is 288 g/mol. The minimum absolute atomic E-state index is 0.116. The van der Waals surface area contributed by atoms with Gasteiger partial charge in [0, 0.05) is 7.05 Å². The number of ether oxygens (including phenoxy) is 1. The van der Waals surface area contributed by atoms with Crippen molar-refractivity contribution in [3.05, 3.63) is 46.7 Å². The maximum Gasteiger partial charge on any atom is 0.268 e. The lowest BCUT2D eigenvalue weighted by atomic mass is 10.1. The fourth-order valence-corrected chi connectivity index (χ4v) is 2.93. The molecule has 0 fully saturated rings. The summed E-state index contributed by atoms with van der Waals surface area (Å²) in [4.78, 5) is 26.7. The highest BCUT2D eigenvalue weighted by Gasteiger charge is 2.33. The van der Waals surface area contributed by atoms with Crippen LogP contribution >= 0.6 is 11.3 Å². The Morgan fingerprint density at radius 2 is 2.10 bits per heavy atom. The zero-order valence-electron chi connectivity index (χ0n) is 11.4. The van der Waals surface area contributed by atoms with Crippen LogP contribution in [0.15, 0.2) is 41.8 Å². The number of anilines is 1. The SMILES string of the molecule is CNC(=O)[C@H]1CN(C(=O)c2cccs2)c2ccccc2O1. The number of carbonyl (C=O) groups excluding carboxylic acids is 2. The number of fused-ring (bicyclic) bond motifs is 1. The molecule has 2 heterocycles. The molecule has 108 valence electrons. The topological polar surface area (TPSA) is 58.6 Å². The maximum absolute atomic E-state index is 12.6. The lowest BCUT2D eigenvalue weighted by Gasteiger charge is -2.33. The Hall–Kier alpha value is -2.34. The highest BCUT2D eigenvalue weighted by Crippen LogP contribution is 2.34. The van der Waals surface area contributed by atoms with Crippen LogP contribution in [0.5, 0.6) is 5.75 Å². The second-order valence-electron chi connectivity index (χ2n) is 4.58. The van der Waals surface area contributed by atoms with Gasteiger partial charge in [0.1, 0.15) is 5.75 Å². The van der Waals surface area contributed by atoms with Crippen LogP contribution in [0.25, 0.3) is 0 Å². The summed E-state index contributed by atoms with van der Waals surface area (Å²) in [6.45, 7) is 0.202. The number of thiophene rings is 1. The van der Waals surface area contributed by atoms with E-state index in [1.807, 2.05) is 29.6 Å². The summed E-state index contributed by atoms with van der Waals surface area (Å²) in [5.41, 5.74) is 0.691. The first-order chi connectivity index (χ1) is 10.2. The molecule has 6 heteroatoms. The minimum Gasteiger partial charge on any atom is -0.477 e. The van der Waals surface area contributed by atoms with Crippen molar-refractivity contribution in [1.29, 1.82) is 0 Å². The standard InChI is InChI=1S/C15H14N2O3S/c1-16-14(18)12-9-17(15(19)13-7-4-8-21-13)10-5-2-3-6-11(10)20-12/h2-8,12H,9H2,1H3,(H,16,18)/t12-/m1/s1. The third-order valence-electron chi connectivity index (χ3n) is 3.29. The summed E-state index contributed by atoms with van der Waals surface area (Å²) in [6, 6.07) is 10.9. The van der Waals surface area contributed by atoms with E-state index < -0.39 is 6.10 Å². The fourth-order valence-electron chi connectivity index (χ4n) is 2.26. The van der Waals surface area contributed by atoms with Crippen LogP contribution in [0.1, 0.15) is 9.67 Å². The van der Waals surface area contributed by atoms with Crippen LogP contribution in [-0.2, 0) is 4.79 Å². The van der Waals surface area contributed by atoms with Gasteiger partial charge < -0.3 is 10.1 Å². The number of hydrogen-bond donors (Lipinski definition) is 1. The van der Waals surface area contributed by atoms with E-state index in [1.165, 1.54) is 11.3 Å². The molecule has 21 heavy (non-hydrogen) atoms. The summed E-state index contributed by atoms with van der Waals surface area (Å²) in [5.74, 6) is 0.186. The number of para-hydroxylation sites is 2. The van der Waals surface area contributed by atoms with E-state index in [4.69, 9.17) is 4.74 Å². The third-order valence-corrected chi connectivity index (χ3v) is 4.15. The first-order valence-electron chi connectivity index (χ1n) is 6.53. The highest BCUT2D eigenvalue weighted by molar-refractivity contribution is 7.12. The van der Waals surface area contributed by atoms with E-state index in [0.717, 1.165) is 0 Å². The summed E-state index contributed by atoms with van der Waals surface area (Å²) in [6.07, 6.45) is -0.700. The molecule has 0 radical (unpaired) electrons. The molecule has 0 aliphatic carbocycles. The summed E-state index contributed by atoms with van der Waals surface area (Å²) >= 11 is 1.38. The van der Waals surface area contributed by atoms with Crippen molar-refractivity contribution in [2.24, 2.45) is 0 Å². The van der Waals surface area contributed by atoms with Crippen LogP contribution in [0.2, 0.25) is 0 Å². The van der Waals surface area contributed by atoms with Gasteiger partial charge in [-0.05, 0) is 23.6 Å². The van der Waals surface area contributed by atoms with Crippen molar-refractivity contribution in [2.45, 2.75) is 6.10 Å². The Labute approximate surface area is 126 Å². The number of nitrogens with one attached hydrogen (secondary N) is 1. The van der Waals surface area contributed by atoms with Gasteiger partial charge in [-0.3, -0.25) is 14.5 Å². The fraction of sp³-hybridized carbons (Fsp3) is 0.200. The van der Waals surface area contributed by atoms with Gasteiger partial charge in [-0.1, -0.05) is 18.2 Å². The van der Waals surface area contributed by atoms with Gasteiger partial charge >= 0.3 is 0 Å². The van der Waals surface area contributed by atoms with E-state index in [-0.39, 0.29) is 18.4 Å². The van der Waals surface area contributed by atoms with Crippen molar-refractivity contribution < 1.29 is 14.3 Å². The third kappa shape index (κ3) is 2.50. The Morgan fingerprint density at radius 1 is 1.29 bits per heavy atom. The average molecular weight is 302 g/mol. The van der Waals surface area contributed by atoms with E-state index in [1.54, 1.807) is 24.1 Å². The van der Waals surface area contributed by atoms with Crippen LogP contribution in [0.3, 0.4) is 0 Å². The van der Waals surface area contributed by atoms with Gasteiger partial charge in [0.2, 0.25) is 0 Å². The number of amides is 2. The molecular formula is C15H14N2O3S. The minimum atomic E-state index is -0.700. The largest absolute Gasteiger partial charge is 0.477 e. The highest BCUT2D eigenvalue weighted by atomic mass is 32.1. The molecule has 0 bridgehead atoms. The quantitative estimate of drug-likeness (QED) is 0.922. The first kappa shape index (κ1) is 13.6. The van der Waals surface area contributed by atoms with Crippen LogP contribution in [0.4, 0.5) is 5.69 Å². The number of carbonyl (C=O) groups is 2. The van der Waals surface area contributed by atoms with E-state index in [9.17, 15) is 9.59 Å². The van der Waals surface area contributed by atoms with E-state index in [2.05, 4.69) is 5.32 Å². The molecule has 1 aliphatic rings. The zero-order chi connectivity index (χ0) is 14.8. The van der Waals surface area contributed by atoms with Crippen molar-refractivity contribution in [2.75, 3.05) is 18.5 Å². The molecule has 1 atom stereocenters. The molecule has 1 aromatic carbocycles. The summed E-state index contributed by atoms with van der Waals surface area (Å²) < 4.78 is 5.68. The van der Waals surface area contributed by atoms with Crippen LogP contribution in [-0.4, -0.2) is 31.5 Å². The monoisotopic (exact) mass is 302 g/mol. The Balaban J connectivity index is 1.98. The van der Waals surface area contributed by atoms with Gasteiger partial charge in [0.25, 0.3) is 11.8 Å². The van der Waals surface area contributed by atoms with Gasteiger partial charge in [0.05, 0.1) is 17.1 Å². The van der Waals surface area contributed by atoms with Gasteiger partial charge in [-0.15, -0.1) is 11.3 Å². The molecule has 3 rings (SSSR count). The lowest BCUT2D eigenvalue weighted by molar-refractivity contribution is -0.127. The lowest BCUT2D eigenvalue weighted by Crippen LogP contribution is -2.50. The van der Waals surface area contributed by atoms with Gasteiger partial charge in [-0.2, -0.15) is 0 Å². The molecule has 2 aromatic rings. The molecule has 0 spiro atoms. The maximum atomic E-state index is 12.6. The van der Waals surface area contributed by atoms with Crippen molar-refractivity contribution >= 4 is 28.8 Å². The normalized spacial score (nSPS) is 16.8. The number of likely N-dealkylation sites (N-methyl/N-ethyl adjacent to an activating group) is 1. The van der Waals surface area contributed by atoms with Crippen molar-refractivity contribution in [1.82, 2.24) is 5.32 Å². The molecule has 0 saturated carbocycles. The van der Waals surface area contributed by atoms with E-state index >= 15 is 0 Å². The van der Waals surface area contributed by atoms with Crippen LogP contribution < -0.4 is 15.0 Å². The Bertz CT molecular complexity index is 669.